The Morgan fingerprint density at radius 3 is 2.57 bits per heavy atom. The van der Waals surface area contributed by atoms with Gasteiger partial charge in [0.2, 0.25) is 0 Å². The number of aromatic amines is 1. The SMILES string of the molecule is CC1(C)CC(=Cc2[nH]c(C(=O)O)cc2-c2ccccc2)OC1=O. The van der Waals surface area contributed by atoms with E-state index in [1.165, 1.54) is 0 Å². The quantitative estimate of drug-likeness (QED) is 0.847. The number of rotatable bonds is 3. The van der Waals surface area contributed by atoms with E-state index in [-0.39, 0.29) is 11.7 Å². The molecule has 3 rings (SSSR count). The van der Waals surface area contributed by atoms with Crippen molar-refractivity contribution in [2.45, 2.75) is 20.3 Å². The first-order valence-corrected chi connectivity index (χ1v) is 7.31. The Morgan fingerprint density at radius 2 is 2.00 bits per heavy atom. The maximum absolute atomic E-state index is 11.8. The summed E-state index contributed by atoms with van der Waals surface area (Å²) < 4.78 is 5.30. The fourth-order valence-corrected chi connectivity index (χ4v) is 2.60. The summed E-state index contributed by atoms with van der Waals surface area (Å²) in [5.74, 6) is -0.762. The van der Waals surface area contributed by atoms with E-state index in [0.29, 0.717) is 17.9 Å². The van der Waals surface area contributed by atoms with Gasteiger partial charge in [0, 0.05) is 18.1 Å². The first-order valence-electron chi connectivity index (χ1n) is 7.31. The van der Waals surface area contributed by atoms with E-state index >= 15 is 0 Å². The number of cyclic esters (lactones) is 1. The number of esters is 1. The van der Waals surface area contributed by atoms with Gasteiger partial charge in [-0.05, 0) is 25.5 Å². The minimum atomic E-state index is -1.03. The molecular weight excluding hydrogens is 294 g/mol. The molecule has 2 heterocycles. The van der Waals surface area contributed by atoms with Crippen LogP contribution in [0.2, 0.25) is 0 Å². The molecule has 1 aromatic heterocycles. The maximum Gasteiger partial charge on any atom is 0.352 e. The van der Waals surface area contributed by atoms with Gasteiger partial charge in [-0.25, -0.2) is 4.79 Å². The lowest BCUT2D eigenvalue weighted by molar-refractivity contribution is -0.142. The summed E-state index contributed by atoms with van der Waals surface area (Å²) >= 11 is 0. The molecule has 0 spiro atoms. The van der Waals surface area contributed by atoms with Crippen molar-refractivity contribution in [3.05, 3.63) is 53.5 Å². The Balaban J connectivity index is 2.05. The van der Waals surface area contributed by atoms with Crippen LogP contribution in [0.25, 0.3) is 17.2 Å². The monoisotopic (exact) mass is 311 g/mol. The molecule has 5 heteroatoms. The number of aromatic carboxylic acids is 1. The van der Waals surface area contributed by atoms with Gasteiger partial charge in [0.25, 0.3) is 0 Å². The van der Waals surface area contributed by atoms with Crippen molar-refractivity contribution in [1.29, 1.82) is 0 Å². The highest BCUT2D eigenvalue weighted by molar-refractivity contribution is 5.90. The van der Waals surface area contributed by atoms with Gasteiger partial charge in [0.05, 0.1) is 11.1 Å². The third-order valence-electron chi connectivity index (χ3n) is 3.86. The molecule has 2 N–H and O–H groups in total. The van der Waals surface area contributed by atoms with Gasteiger partial charge in [-0.2, -0.15) is 0 Å². The second-order valence-corrected chi connectivity index (χ2v) is 6.24. The lowest BCUT2D eigenvalue weighted by atomic mass is 9.91. The van der Waals surface area contributed by atoms with Crippen LogP contribution in [0.15, 0.2) is 42.2 Å². The largest absolute Gasteiger partial charge is 0.477 e. The number of carbonyl (C=O) groups is 2. The third kappa shape index (κ3) is 2.90. The summed E-state index contributed by atoms with van der Waals surface area (Å²) in [5.41, 5.74) is 1.82. The Morgan fingerprint density at radius 1 is 1.30 bits per heavy atom. The van der Waals surface area contributed by atoms with Gasteiger partial charge in [-0.15, -0.1) is 0 Å². The molecule has 0 unspecified atom stereocenters. The van der Waals surface area contributed by atoms with E-state index in [0.717, 1.165) is 11.1 Å². The van der Waals surface area contributed by atoms with Crippen LogP contribution in [-0.2, 0) is 9.53 Å². The van der Waals surface area contributed by atoms with Crippen LogP contribution in [0.1, 0.15) is 36.5 Å². The van der Waals surface area contributed by atoms with Crippen molar-refractivity contribution < 1.29 is 19.4 Å². The molecule has 0 atom stereocenters. The number of carboxylic acids is 1. The number of carbonyl (C=O) groups excluding carboxylic acids is 1. The molecule has 118 valence electrons. The van der Waals surface area contributed by atoms with E-state index in [1.54, 1.807) is 12.1 Å². The topological polar surface area (TPSA) is 79.4 Å². The summed E-state index contributed by atoms with van der Waals surface area (Å²) in [7, 11) is 0. The van der Waals surface area contributed by atoms with Gasteiger partial charge in [0.15, 0.2) is 0 Å². The molecule has 0 aliphatic carbocycles. The molecule has 0 radical (unpaired) electrons. The number of carboxylic acid groups (broad SMARTS) is 1. The zero-order valence-corrected chi connectivity index (χ0v) is 12.9. The second-order valence-electron chi connectivity index (χ2n) is 6.24. The standard InChI is InChI=1S/C18H17NO4/c1-18(2)10-12(23-17(18)22)8-14-13(9-15(19-14)16(20)21)11-6-4-3-5-7-11/h3-9,19H,10H2,1-2H3,(H,20,21). The highest BCUT2D eigenvalue weighted by Crippen LogP contribution is 2.37. The molecule has 0 saturated carbocycles. The molecule has 0 amide bonds. The number of aromatic nitrogens is 1. The molecule has 1 fully saturated rings. The van der Waals surface area contributed by atoms with Crippen LogP contribution in [-0.4, -0.2) is 22.0 Å². The molecule has 5 nitrogen and oxygen atoms in total. The molecule has 1 aromatic carbocycles. The minimum absolute atomic E-state index is 0.0966. The zero-order chi connectivity index (χ0) is 16.6. The summed E-state index contributed by atoms with van der Waals surface area (Å²) in [6, 6.07) is 11.1. The first kappa shape index (κ1) is 15.1. The van der Waals surface area contributed by atoms with Gasteiger partial charge in [-0.3, -0.25) is 4.79 Å². The minimum Gasteiger partial charge on any atom is -0.477 e. The Hall–Kier alpha value is -2.82. The average molecular weight is 311 g/mol. The second kappa shape index (κ2) is 5.43. The highest BCUT2D eigenvalue weighted by atomic mass is 16.5. The molecule has 1 aliphatic heterocycles. The van der Waals surface area contributed by atoms with E-state index in [1.807, 2.05) is 44.2 Å². The van der Waals surface area contributed by atoms with Crippen molar-refractivity contribution >= 4 is 18.0 Å². The fourth-order valence-electron chi connectivity index (χ4n) is 2.60. The van der Waals surface area contributed by atoms with E-state index < -0.39 is 11.4 Å². The van der Waals surface area contributed by atoms with Crippen LogP contribution < -0.4 is 0 Å². The van der Waals surface area contributed by atoms with Crippen LogP contribution in [0.5, 0.6) is 0 Å². The van der Waals surface area contributed by atoms with Crippen LogP contribution >= 0.6 is 0 Å². The number of ether oxygens (including phenoxy) is 1. The van der Waals surface area contributed by atoms with Crippen LogP contribution in [0.3, 0.4) is 0 Å². The van der Waals surface area contributed by atoms with Crippen molar-refractivity contribution in [1.82, 2.24) is 4.98 Å². The van der Waals surface area contributed by atoms with Crippen molar-refractivity contribution in [2.75, 3.05) is 0 Å². The van der Waals surface area contributed by atoms with Gasteiger partial charge in [0.1, 0.15) is 11.5 Å². The van der Waals surface area contributed by atoms with E-state index in [9.17, 15) is 14.7 Å². The first-order chi connectivity index (χ1) is 10.9. The number of allylic oxidation sites excluding steroid dienone is 1. The smallest absolute Gasteiger partial charge is 0.352 e. The van der Waals surface area contributed by atoms with Crippen molar-refractivity contribution in [2.24, 2.45) is 5.41 Å². The number of hydrogen-bond donors (Lipinski definition) is 2. The number of H-pyrrole nitrogens is 1. The van der Waals surface area contributed by atoms with Gasteiger partial charge >= 0.3 is 11.9 Å². The number of nitrogens with one attached hydrogen (secondary N) is 1. The summed E-state index contributed by atoms with van der Waals surface area (Å²) in [4.78, 5) is 25.9. The maximum atomic E-state index is 11.8. The lowest BCUT2D eigenvalue weighted by Crippen LogP contribution is -2.16. The average Bonchev–Trinajstić information content (AvgIpc) is 3.02. The molecule has 1 saturated heterocycles. The zero-order valence-electron chi connectivity index (χ0n) is 12.9. The Bertz CT molecular complexity index is 800. The highest BCUT2D eigenvalue weighted by Gasteiger charge is 2.38. The predicted molar refractivity (Wildman–Crippen MR) is 85.7 cm³/mol. The predicted octanol–water partition coefficient (Wildman–Crippen LogP) is 3.69. The molecule has 1 aliphatic rings. The molecule has 2 aromatic rings. The number of benzene rings is 1. The Kier molecular flexibility index (Phi) is 3.56. The third-order valence-corrected chi connectivity index (χ3v) is 3.86. The molecular formula is C18H17NO4. The summed E-state index contributed by atoms with van der Waals surface area (Å²) in [5, 5.41) is 9.22. The normalized spacial score (nSPS) is 18.2. The number of hydrogen-bond acceptors (Lipinski definition) is 3. The van der Waals surface area contributed by atoms with E-state index in [2.05, 4.69) is 4.98 Å². The molecule has 23 heavy (non-hydrogen) atoms. The van der Waals surface area contributed by atoms with E-state index in [4.69, 9.17) is 4.74 Å². The van der Waals surface area contributed by atoms with Crippen molar-refractivity contribution in [3.63, 3.8) is 0 Å². The van der Waals surface area contributed by atoms with Gasteiger partial charge < -0.3 is 14.8 Å². The summed E-state index contributed by atoms with van der Waals surface area (Å²) in [6.45, 7) is 3.65. The Labute approximate surface area is 133 Å². The lowest BCUT2D eigenvalue weighted by Gasteiger charge is -2.07. The van der Waals surface area contributed by atoms with Gasteiger partial charge in [-0.1, -0.05) is 30.3 Å². The van der Waals surface area contributed by atoms with Crippen LogP contribution in [0, 0.1) is 5.41 Å². The molecule has 0 bridgehead atoms. The van der Waals surface area contributed by atoms with Crippen LogP contribution in [0.4, 0.5) is 0 Å². The van der Waals surface area contributed by atoms with Crippen molar-refractivity contribution in [3.8, 4) is 11.1 Å². The fraction of sp³-hybridized carbons (Fsp3) is 0.222. The summed E-state index contributed by atoms with van der Waals surface area (Å²) in [6.07, 6.45) is 2.20.